The molecule has 132 valence electrons. The molecule has 0 unspecified atom stereocenters. The number of hydrazone groups is 1. The van der Waals surface area contributed by atoms with Crippen molar-refractivity contribution in [3.8, 4) is 11.3 Å². The number of carbonyl (C=O) groups is 1. The molecule has 0 bridgehead atoms. The summed E-state index contributed by atoms with van der Waals surface area (Å²) in [7, 11) is 0. The molecule has 1 aromatic heterocycles. The highest BCUT2D eigenvalue weighted by molar-refractivity contribution is 6.36. The van der Waals surface area contributed by atoms with Crippen LogP contribution in [0.25, 0.3) is 11.3 Å². The largest absolute Gasteiger partial charge is 0.455 e. The fourth-order valence-corrected chi connectivity index (χ4v) is 2.70. The van der Waals surface area contributed by atoms with Crippen LogP contribution in [0.3, 0.4) is 0 Å². The molecule has 0 atom stereocenters. The lowest BCUT2D eigenvalue weighted by Gasteiger charge is -2.04. The van der Waals surface area contributed by atoms with Crippen LogP contribution in [-0.4, -0.2) is 18.7 Å². The molecule has 0 saturated carbocycles. The Labute approximate surface area is 160 Å². The maximum Gasteiger partial charge on any atom is 0.259 e. The minimum Gasteiger partial charge on any atom is -0.455 e. The molecule has 2 aromatic carbocycles. The Morgan fingerprint density at radius 3 is 2.65 bits per heavy atom. The van der Waals surface area contributed by atoms with E-state index < -0.39 is 0 Å². The Bertz CT molecular complexity index is 924. The molecule has 3 aromatic rings. The van der Waals surface area contributed by atoms with Gasteiger partial charge in [0.15, 0.2) is 0 Å². The lowest BCUT2D eigenvalue weighted by molar-refractivity contribution is -0.119. The summed E-state index contributed by atoms with van der Waals surface area (Å²) in [5.41, 5.74) is 4.03. The Balaban J connectivity index is 1.54. The summed E-state index contributed by atoms with van der Waals surface area (Å²) >= 11 is 12.1. The zero-order valence-corrected chi connectivity index (χ0v) is 15.1. The van der Waals surface area contributed by atoms with Crippen LogP contribution in [-0.2, 0) is 4.79 Å². The van der Waals surface area contributed by atoms with Gasteiger partial charge in [-0.2, -0.15) is 5.10 Å². The number of furan rings is 1. The van der Waals surface area contributed by atoms with Crippen molar-refractivity contribution >= 4 is 41.0 Å². The van der Waals surface area contributed by atoms with Crippen LogP contribution in [0, 0.1) is 0 Å². The number of hydrogen-bond donors (Lipinski definition) is 2. The first-order chi connectivity index (χ1) is 12.6. The van der Waals surface area contributed by atoms with Gasteiger partial charge in [-0.3, -0.25) is 4.79 Å². The van der Waals surface area contributed by atoms with Crippen molar-refractivity contribution in [2.45, 2.75) is 0 Å². The number of benzene rings is 2. The molecular formula is C19H15Cl2N3O2. The average Bonchev–Trinajstić information content (AvgIpc) is 3.09. The van der Waals surface area contributed by atoms with Gasteiger partial charge in [-0.25, -0.2) is 5.43 Å². The summed E-state index contributed by atoms with van der Waals surface area (Å²) in [6.45, 7) is 0.116. The van der Waals surface area contributed by atoms with Gasteiger partial charge in [0.05, 0.1) is 17.8 Å². The van der Waals surface area contributed by atoms with Crippen molar-refractivity contribution in [1.82, 2.24) is 5.43 Å². The zero-order chi connectivity index (χ0) is 18.4. The molecule has 7 heteroatoms. The molecule has 0 aliphatic carbocycles. The molecule has 0 aliphatic heterocycles. The van der Waals surface area contributed by atoms with E-state index in [-0.39, 0.29) is 12.5 Å². The highest BCUT2D eigenvalue weighted by Crippen LogP contribution is 2.31. The van der Waals surface area contributed by atoms with E-state index in [1.54, 1.807) is 30.3 Å². The number of hydrogen-bond acceptors (Lipinski definition) is 4. The van der Waals surface area contributed by atoms with E-state index in [0.717, 1.165) is 11.3 Å². The van der Waals surface area contributed by atoms with E-state index in [4.69, 9.17) is 27.6 Å². The van der Waals surface area contributed by atoms with Crippen molar-refractivity contribution in [2.24, 2.45) is 5.10 Å². The van der Waals surface area contributed by atoms with Gasteiger partial charge in [-0.15, -0.1) is 0 Å². The number of rotatable bonds is 6. The van der Waals surface area contributed by atoms with E-state index >= 15 is 0 Å². The predicted octanol–water partition coefficient (Wildman–Crippen LogP) is 4.82. The van der Waals surface area contributed by atoms with Crippen LogP contribution in [0.2, 0.25) is 10.0 Å². The van der Waals surface area contributed by atoms with Gasteiger partial charge >= 0.3 is 0 Å². The fraction of sp³-hybridized carbons (Fsp3) is 0.0526. The number of amides is 1. The molecule has 1 amide bonds. The Kier molecular flexibility index (Phi) is 5.94. The number of halogens is 2. The molecule has 3 rings (SSSR count). The summed E-state index contributed by atoms with van der Waals surface area (Å²) < 4.78 is 5.66. The normalized spacial score (nSPS) is 10.8. The number of nitrogens with one attached hydrogen (secondary N) is 2. The molecule has 0 spiro atoms. The number of nitrogens with zero attached hydrogens (tertiary/aromatic N) is 1. The standard InChI is InChI=1S/C19H15Cl2N3O2/c20-13-6-8-16(17(21)10-13)18-9-7-15(26-18)11-23-24-19(25)12-22-14-4-2-1-3-5-14/h1-11,22H,12H2,(H,24,25)/b23-11-. The van der Waals surface area contributed by atoms with Crippen LogP contribution >= 0.6 is 23.2 Å². The monoisotopic (exact) mass is 387 g/mol. The van der Waals surface area contributed by atoms with E-state index in [2.05, 4.69) is 15.8 Å². The molecule has 1 heterocycles. The molecule has 0 aliphatic rings. The molecule has 0 saturated heterocycles. The molecule has 26 heavy (non-hydrogen) atoms. The van der Waals surface area contributed by atoms with Crippen LogP contribution in [0.15, 0.2) is 70.2 Å². The first kappa shape index (κ1) is 18.0. The summed E-state index contributed by atoms with van der Waals surface area (Å²) in [4.78, 5) is 11.8. The third kappa shape index (κ3) is 4.88. The lowest BCUT2D eigenvalue weighted by Crippen LogP contribution is -2.25. The van der Waals surface area contributed by atoms with Crippen LogP contribution in [0.1, 0.15) is 5.76 Å². The zero-order valence-electron chi connectivity index (χ0n) is 13.6. The van der Waals surface area contributed by atoms with Gasteiger partial charge in [0.1, 0.15) is 11.5 Å². The highest BCUT2D eigenvalue weighted by Gasteiger charge is 2.08. The SMILES string of the molecule is O=C(CNc1ccccc1)N/N=C\c1ccc(-c2ccc(Cl)cc2Cl)o1. The fourth-order valence-electron chi connectivity index (χ4n) is 2.20. The smallest absolute Gasteiger partial charge is 0.259 e. The summed E-state index contributed by atoms with van der Waals surface area (Å²) in [5, 5.41) is 7.93. The molecule has 0 radical (unpaired) electrons. The first-order valence-electron chi connectivity index (χ1n) is 7.78. The quantitative estimate of drug-likeness (QED) is 0.470. The van der Waals surface area contributed by atoms with Gasteiger partial charge < -0.3 is 9.73 Å². The van der Waals surface area contributed by atoms with Crippen molar-refractivity contribution in [3.05, 3.63) is 76.5 Å². The van der Waals surface area contributed by atoms with Crippen LogP contribution in [0.4, 0.5) is 5.69 Å². The summed E-state index contributed by atoms with van der Waals surface area (Å²) in [6.07, 6.45) is 1.42. The topological polar surface area (TPSA) is 66.6 Å². The van der Waals surface area contributed by atoms with Crippen LogP contribution < -0.4 is 10.7 Å². The maximum atomic E-state index is 11.8. The van der Waals surface area contributed by atoms with Crippen molar-refractivity contribution in [2.75, 3.05) is 11.9 Å². The lowest BCUT2D eigenvalue weighted by atomic mass is 10.2. The van der Waals surface area contributed by atoms with Gasteiger partial charge in [-0.1, -0.05) is 41.4 Å². The number of anilines is 1. The second kappa shape index (κ2) is 8.56. The van der Waals surface area contributed by atoms with E-state index in [1.807, 2.05) is 30.3 Å². The van der Waals surface area contributed by atoms with Crippen molar-refractivity contribution < 1.29 is 9.21 Å². The maximum absolute atomic E-state index is 11.8. The van der Waals surface area contributed by atoms with E-state index in [0.29, 0.717) is 21.6 Å². The molecular weight excluding hydrogens is 373 g/mol. The highest BCUT2D eigenvalue weighted by atomic mass is 35.5. The Morgan fingerprint density at radius 1 is 1.08 bits per heavy atom. The second-order valence-electron chi connectivity index (χ2n) is 5.34. The molecule has 2 N–H and O–H groups in total. The second-order valence-corrected chi connectivity index (χ2v) is 6.18. The van der Waals surface area contributed by atoms with Gasteiger partial charge in [-0.05, 0) is 42.5 Å². The first-order valence-corrected chi connectivity index (χ1v) is 8.53. The van der Waals surface area contributed by atoms with E-state index in [1.165, 1.54) is 6.21 Å². The average molecular weight is 388 g/mol. The number of carbonyl (C=O) groups excluding carboxylic acids is 1. The molecule has 0 fully saturated rings. The van der Waals surface area contributed by atoms with Crippen molar-refractivity contribution in [1.29, 1.82) is 0 Å². The van der Waals surface area contributed by atoms with Gasteiger partial charge in [0.2, 0.25) is 0 Å². The number of para-hydroxylation sites is 1. The minimum absolute atomic E-state index is 0.116. The third-order valence-electron chi connectivity index (χ3n) is 3.43. The van der Waals surface area contributed by atoms with Gasteiger partial charge in [0, 0.05) is 16.3 Å². The molecule has 5 nitrogen and oxygen atoms in total. The van der Waals surface area contributed by atoms with Gasteiger partial charge in [0.25, 0.3) is 5.91 Å². The Hall–Kier alpha value is -2.76. The van der Waals surface area contributed by atoms with E-state index in [9.17, 15) is 4.79 Å². The van der Waals surface area contributed by atoms with Crippen molar-refractivity contribution in [3.63, 3.8) is 0 Å². The predicted molar refractivity (Wildman–Crippen MR) is 105 cm³/mol. The third-order valence-corrected chi connectivity index (χ3v) is 3.98. The summed E-state index contributed by atoms with van der Waals surface area (Å²) in [6, 6.07) is 18.1. The Morgan fingerprint density at radius 2 is 1.88 bits per heavy atom. The van der Waals surface area contributed by atoms with Crippen LogP contribution in [0.5, 0.6) is 0 Å². The summed E-state index contributed by atoms with van der Waals surface area (Å²) in [5.74, 6) is 0.810. The minimum atomic E-state index is -0.266.